The van der Waals surface area contributed by atoms with E-state index in [0.717, 1.165) is 10.8 Å². The summed E-state index contributed by atoms with van der Waals surface area (Å²) in [6.07, 6.45) is -0.192. The van der Waals surface area contributed by atoms with E-state index in [1.165, 1.54) is 10.4 Å². The minimum atomic E-state index is -3.64. The lowest BCUT2D eigenvalue weighted by Gasteiger charge is -2.36. The van der Waals surface area contributed by atoms with Crippen LogP contribution >= 0.6 is 23.2 Å². The third-order valence-electron chi connectivity index (χ3n) is 5.25. The predicted molar refractivity (Wildman–Crippen MR) is 121 cm³/mol. The first-order chi connectivity index (χ1) is 14.9. The van der Waals surface area contributed by atoms with E-state index in [1.807, 2.05) is 30.3 Å². The molecule has 31 heavy (non-hydrogen) atoms. The zero-order valence-electron chi connectivity index (χ0n) is 16.4. The van der Waals surface area contributed by atoms with Crippen LogP contribution in [0.3, 0.4) is 0 Å². The van der Waals surface area contributed by atoms with Crippen LogP contribution in [0.25, 0.3) is 10.8 Å². The third-order valence-corrected chi connectivity index (χ3v) is 7.67. The Morgan fingerprint density at radius 2 is 1.61 bits per heavy atom. The zero-order valence-corrected chi connectivity index (χ0v) is 18.8. The van der Waals surface area contributed by atoms with Crippen LogP contribution in [0, 0.1) is 0 Å². The summed E-state index contributed by atoms with van der Waals surface area (Å²) < 4.78 is 33.4. The maximum absolute atomic E-state index is 13.1. The molecule has 0 radical (unpaired) electrons. The van der Waals surface area contributed by atoms with Crippen molar-refractivity contribution in [2.24, 2.45) is 0 Å². The van der Waals surface area contributed by atoms with Gasteiger partial charge in [-0.3, -0.25) is 9.69 Å². The van der Waals surface area contributed by atoms with Gasteiger partial charge in [0.15, 0.2) is 6.29 Å². The summed E-state index contributed by atoms with van der Waals surface area (Å²) in [5, 5.41) is 2.62. The number of carbonyl (C=O) groups is 1. The fourth-order valence-electron chi connectivity index (χ4n) is 3.56. The number of carbonyl (C=O) groups excluding carboxylic acids is 1. The lowest BCUT2D eigenvalue weighted by molar-refractivity contribution is -0.122. The quantitative estimate of drug-likeness (QED) is 0.499. The van der Waals surface area contributed by atoms with Crippen LogP contribution in [0.15, 0.2) is 65.6 Å². The van der Waals surface area contributed by atoms with Crippen molar-refractivity contribution in [3.8, 4) is 5.75 Å². The van der Waals surface area contributed by atoms with Gasteiger partial charge in [0.1, 0.15) is 5.75 Å². The maximum atomic E-state index is 13.1. The molecule has 0 aliphatic carbocycles. The van der Waals surface area contributed by atoms with Gasteiger partial charge in [0.05, 0.1) is 9.92 Å². The van der Waals surface area contributed by atoms with Crippen molar-refractivity contribution >= 4 is 50.3 Å². The van der Waals surface area contributed by atoms with Gasteiger partial charge in [-0.05, 0) is 41.1 Å². The summed E-state index contributed by atoms with van der Waals surface area (Å²) in [7, 11) is -3.64. The Kier molecular flexibility index (Phi) is 6.50. The molecule has 1 heterocycles. The van der Waals surface area contributed by atoms with Crippen LogP contribution in [0.4, 0.5) is 0 Å². The van der Waals surface area contributed by atoms with E-state index in [-0.39, 0.29) is 18.0 Å². The molecule has 1 unspecified atom stereocenters. The number of hydrogen-bond acceptors (Lipinski definition) is 5. The first kappa shape index (κ1) is 22.0. The van der Waals surface area contributed by atoms with Gasteiger partial charge in [-0.2, -0.15) is 4.31 Å². The highest BCUT2D eigenvalue weighted by atomic mass is 35.5. The van der Waals surface area contributed by atoms with Crippen LogP contribution in [-0.4, -0.2) is 56.3 Å². The van der Waals surface area contributed by atoms with Crippen LogP contribution in [0.2, 0.25) is 10.0 Å². The number of aldehydes is 1. The van der Waals surface area contributed by atoms with Crippen molar-refractivity contribution in [2.75, 3.05) is 26.2 Å². The standard InChI is InChI=1S/C22H20Cl2N2O4S/c23-18-6-8-21(20(24)14-18)30-22(15-27)25-9-11-26(12-10-25)31(28,29)19-7-5-16-3-1-2-4-17(16)13-19/h1-8,13-15,22H,9-12H2. The lowest BCUT2D eigenvalue weighted by Crippen LogP contribution is -2.53. The molecule has 3 aromatic carbocycles. The largest absolute Gasteiger partial charge is 0.467 e. The second-order valence-electron chi connectivity index (χ2n) is 7.17. The van der Waals surface area contributed by atoms with Crippen molar-refractivity contribution in [1.29, 1.82) is 0 Å². The molecule has 6 nitrogen and oxygen atoms in total. The van der Waals surface area contributed by atoms with Crippen molar-refractivity contribution < 1.29 is 17.9 Å². The summed E-state index contributed by atoms with van der Waals surface area (Å²) in [6.45, 7) is 1.19. The average molecular weight is 479 g/mol. The van der Waals surface area contributed by atoms with Gasteiger partial charge in [0, 0.05) is 31.2 Å². The van der Waals surface area contributed by atoms with Crippen molar-refractivity contribution in [1.82, 2.24) is 9.21 Å². The summed E-state index contributed by atoms with van der Waals surface area (Å²) in [6, 6.07) is 17.5. The molecule has 0 N–H and O–H groups in total. The molecular formula is C22H20Cl2N2O4S. The molecule has 9 heteroatoms. The molecule has 0 amide bonds. The van der Waals surface area contributed by atoms with E-state index in [2.05, 4.69) is 0 Å². The number of sulfonamides is 1. The molecule has 4 rings (SSSR count). The third kappa shape index (κ3) is 4.71. The number of piperazine rings is 1. The van der Waals surface area contributed by atoms with E-state index in [9.17, 15) is 13.2 Å². The summed E-state index contributed by atoms with van der Waals surface area (Å²) in [4.78, 5) is 13.7. The van der Waals surface area contributed by atoms with Gasteiger partial charge in [-0.1, -0.05) is 53.5 Å². The SMILES string of the molecule is O=CC(Oc1ccc(Cl)cc1Cl)N1CCN(S(=O)(=O)c2ccc3ccccc3c2)CC1. The molecule has 1 aliphatic rings. The van der Waals surface area contributed by atoms with Gasteiger partial charge in [0.2, 0.25) is 16.3 Å². The monoisotopic (exact) mass is 478 g/mol. The van der Waals surface area contributed by atoms with Crippen molar-refractivity contribution in [2.45, 2.75) is 11.1 Å². The Labute approximate surface area is 191 Å². The molecule has 0 bridgehead atoms. The lowest BCUT2D eigenvalue weighted by atomic mass is 10.1. The van der Waals surface area contributed by atoms with Crippen molar-refractivity contribution in [3.05, 3.63) is 70.7 Å². The Morgan fingerprint density at radius 3 is 2.29 bits per heavy atom. The van der Waals surface area contributed by atoms with Gasteiger partial charge >= 0.3 is 0 Å². The molecule has 1 aliphatic heterocycles. The first-order valence-corrected chi connectivity index (χ1v) is 11.9. The second kappa shape index (κ2) is 9.14. The van der Waals surface area contributed by atoms with E-state index >= 15 is 0 Å². The highest BCUT2D eigenvalue weighted by molar-refractivity contribution is 7.89. The summed E-state index contributed by atoms with van der Waals surface area (Å²) in [5.74, 6) is 0.342. The van der Waals surface area contributed by atoms with Gasteiger partial charge in [0.25, 0.3) is 0 Å². The Balaban J connectivity index is 1.45. The van der Waals surface area contributed by atoms with E-state index in [0.29, 0.717) is 35.2 Å². The molecule has 162 valence electrons. The molecule has 1 atom stereocenters. The normalized spacial score (nSPS) is 16.8. The first-order valence-electron chi connectivity index (χ1n) is 9.68. The number of benzene rings is 3. The molecule has 0 aromatic heterocycles. The minimum Gasteiger partial charge on any atom is -0.467 e. The fourth-order valence-corrected chi connectivity index (χ4v) is 5.48. The second-order valence-corrected chi connectivity index (χ2v) is 9.95. The topological polar surface area (TPSA) is 66.9 Å². The van der Waals surface area contributed by atoms with Crippen molar-refractivity contribution in [3.63, 3.8) is 0 Å². The van der Waals surface area contributed by atoms with Crippen LogP contribution in [-0.2, 0) is 14.8 Å². The molecular weight excluding hydrogens is 459 g/mol. The van der Waals surface area contributed by atoms with Gasteiger partial charge in [-0.15, -0.1) is 0 Å². The average Bonchev–Trinajstić information content (AvgIpc) is 2.78. The smallest absolute Gasteiger partial charge is 0.243 e. The highest BCUT2D eigenvalue weighted by Crippen LogP contribution is 2.29. The highest BCUT2D eigenvalue weighted by Gasteiger charge is 2.32. The fraction of sp³-hybridized carbons (Fsp3) is 0.227. The van der Waals surface area contributed by atoms with E-state index in [1.54, 1.807) is 29.2 Å². The molecule has 0 saturated carbocycles. The number of nitrogens with zero attached hydrogens (tertiary/aromatic N) is 2. The van der Waals surface area contributed by atoms with Crippen LogP contribution in [0.5, 0.6) is 5.75 Å². The molecule has 0 spiro atoms. The van der Waals surface area contributed by atoms with Crippen LogP contribution < -0.4 is 4.74 Å². The maximum Gasteiger partial charge on any atom is 0.243 e. The number of ether oxygens (including phenoxy) is 1. The molecule has 3 aromatic rings. The van der Waals surface area contributed by atoms with Gasteiger partial charge < -0.3 is 4.74 Å². The minimum absolute atomic E-state index is 0.247. The Morgan fingerprint density at radius 1 is 0.903 bits per heavy atom. The number of rotatable bonds is 6. The van der Waals surface area contributed by atoms with E-state index in [4.69, 9.17) is 27.9 Å². The van der Waals surface area contributed by atoms with Crippen LogP contribution in [0.1, 0.15) is 0 Å². The Bertz CT molecular complexity index is 1210. The number of halogens is 2. The Hall–Kier alpha value is -2.16. The number of hydrogen-bond donors (Lipinski definition) is 0. The molecule has 1 saturated heterocycles. The molecule has 1 fully saturated rings. The zero-order chi connectivity index (χ0) is 22.0. The summed E-state index contributed by atoms with van der Waals surface area (Å²) in [5.41, 5.74) is 0. The van der Waals surface area contributed by atoms with E-state index < -0.39 is 16.3 Å². The number of fused-ring (bicyclic) bond motifs is 1. The van der Waals surface area contributed by atoms with Gasteiger partial charge in [-0.25, -0.2) is 8.42 Å². The predicted octanol–water partition coefficient (Wildman–Crippen LogP) is 4.06. The summed E-state index contributed by atoms with van der Waals surface area (Å²) >= 11 is 12.0.